The van der Waals surface area contributed by atoms with Crippen molar-refractivity contribution in [3.8, 4) is 0 Å². The fraction of sp³-hybridized carbons (Fsp3) is 1.00. The van der Waals surface area contributed by atoms with Crippen molar-refractivity contribution in [3.63, 3.8) is 0 Å². The van der Waals surface area contributed by atoms with Crippen LogP contribution >= 0.6 is 11.8 Å². The van der Waals surface area contributed by atoms with Crippen molar-refractivity contribution in [2.45, 2.75) is 45.7 Å². The first-order valence-electron chi connectivity index (χ1n) is 5.95. The molecule has 0 bridgehead atoms. The normalized spacial score (nSPS) is 25.4. The minimum absolute atomic E-state index is 0.270. The zero-order valence-corrected chi connectivity index (χ0v) is 11.7. The molecule has 15 heavy (non-hydrogen) atoms. The zero-order valence-electron chi connectivity index (χ0n) is 10.9. The highest BCUT2D eigenvalue weighted by Gasteiger charge is 2.36. The van der Waals surface area contributed by atoms with E-state index in [-0.39, 0.29) is 5.54 Å². The Morgan fingerprint density at radius 1 is 1.27 bits per heavy atom. The van der Waals surface area contributed by atoms with Gasteiger partial charge in [-0.2, -0.15) is 11.8 Å². The second-order valence-corrected chi connectivity index (χ2v) is 7.06. The molecule has 0 aromatic carbocycles. The molecule has 0 aromatic rings. The van der Waals surface area contributed by atoms with E-state index in [9.17, 15) is 0 Å². The number of thioether (sulfide) groups is 1. The van der Waals surface area contributed by atoms with Crippen LogP contribution in [0.4, 0.5) is 0 Å². The third-order valence-corrected chi connectivity index (χ3v) is 4.03. The molecular formula is C12H26N2S. The van der Waals surface area contributed by atoms with E-state index in [2.05, 4.69) is 44.8 Å². The summed E-state index contributed by atoms with van der Waals surface area (Å²) in [7, 11) is 0. The maximum atomic E-state index is 3.62. The Morgan fingerprint density at radius 3 is 2.53 bits per heavy atom. The summed E-state index contributed by atoms with van der Waals surface area (Å²) in [4.78, 5) is 2.63. The minimum Gasteiger partial charge on any atom is -0.309 e. The largest absolute Gasteiger partial charge is 0.309 e. The average Bonchev–Trinajstić information content (AvgIpc) is 2.12. The lowest BCUT2D eigenvalue weighted by molar-refractivity contribution is 0.0453. The third-order valence-electron chi connectivity index (χ3n) is 3.15. The highest BCUT2D eigenvalue weighted by molar-refractivity contribution is 7.99. The molecule has 3 heteroatoms. The van der Waals surface area contributed by atoms with Gasteiger partial charge in [0.2, 0.25) is 0 Å². The standard InChI is InChI=1S/C12H26N2S/c1-6-15-8-7-14-10-11(2,3)13-9-12(14,4)5/h13H,6-10H2,1-5H3. The second kappa shape index (κ2) is 5.07. The molecular weight excluding hydrogens is 204 g/mol. The third kappa shape index (κ3) is 3.97. The fourth-order valence-corrected chi connectivity index (χ4v) is 2.65. The van der Waals surface area contributed by atoms with Crippen molar-refractivity contribution in [1.29, 1.82) is 0 Å². The Hall–Kier alpha value is 0.270. The maximum absolute atomic E-state index is 3.62. The van der Waals surface area contributed by atoms with E-state index in [4.69, 9.17) is 0 Å². The fourth-order valence-electron chi connectivity index (χ4n) is 2.02. The van der Waals surface area contributed by atoms with Crippen LogP contribution < -0.4 is 5.32 Å². The van der Waals surface area contributed by atoms with Gasteiger partial charge in [0.15, 0.2) is 0 Å². The van der Waals surface area contributed by atoms with Crippen molar-refractivity contribution in [1.82, 2.24) is 10.2 Å². The van der Waals surface area contributed by atoms with Crippen molar-refractivity contribution >= 4 is 11.8 Å². The Bertz CT molecular complexity index is 202. The van der Waals surface area contributed by atoms with Crippen LogP contribution in [0.5, 0.6) is 0 Å². The molecule has 0 aromatic heterocycles. The van der Waals surface area contributed by atoms with E-state index in [1.165, 1.54) is 18.1 Å². The summed E-state index contributed by atoms with van der Waals surface area (Å²) in [6.07, 6.45) is 0. The summed E-state index contributed by atoms with van der Waals surface area (Å²) in [5.74, 6) is 2.49. The molecule has 1 fully saturated rings. The topological polar surface area (TPSA) is 15.3 Å². The predicted octanol–water partition coefficient (Wildman–Crippen LogP) is 2.20. The number of piperazine rings is 1. The molecule has 1 rings (SSSR count). The molecule has 1 saturated heterocycles. The number of nitrogens with zero attached hydrogens (tertiary/aromatic N) is 1. The van der Waals surface area contributed by atoms with E-state index in [1.807, 2.05) is 11.8 Å². The highest BCUT2D eigenvalue weighted by atomic mass is 32.2. The van der Waals surface area contributed by atoms with E-state index in [0.717, 1.165) is 13.1 Å². The van der Waals surface area contributed by atoms with Crippen molar-refractivity contribution < 1.29 is 0 Å². The molecule has 0 aliphatic carbocycles. The monoisotopic (exact) mass is 230 g/mol. The second-order valence-electron chi connectivity index (χ2n) is 5.67. The summed E-state index contributed by atoms with van der Waals surface area (Å²) in [5, 5.41) is 3.62. The number of rotatable bonds is 4. The lowest BCUT2D eigenvalue weighted by Gasteiger charge is -2.49. The molecule has 0 amide bonds. The van der Waals surface area contributed by atoms with Gasteiger partial charge in [-0.3, -0.25) is 4.90 Å². The van der Waals surface area contributed by atoms with Crippen LogP contribution in [-0.2, 0) is 0 Å². The predicted molar refractivity (Wildman–Crippen MR) is 70.7 cm³/mol. The highest BCUT2D eigenvalue weighted by Crippen LogP contribution is 2.23. The van der Waals surface area contributed by atoms with Gasteiger partial charge in [0.1, 0.15) is 0 Å². The molecule has 0 atom stereocenters. The molecule has 1 aliphatic rings. The molecule has 0 spiro atoms. The quantitative estimate of drug-likeness (QED) is 0.746. The van der Waals surface area contributed by atoms with Crippen LogP contribution in [0, 0.1) is 0 Å². The van der Waals surface area contributed by atoms with Crippen LogP contribution in [0.25, 0.3) is 0 Å². The molecule has 1 N–H and O–H groups in total. The Morgan fingerprint density at radius 2 is 1.93 bits per heavy atom. The first-order chi connectivity index (χ1) is 6.87. The minimum atomic E-state index is 0.270. The Balaban J connectivity index is 2.49. The van der Waals surface area contributed by atoms with Gasteiger partial charge in [0.05, 0.1) is 0 Å². The van der Waals surface area contributed by atoms with Gasteiger partial charge >= 0.3 is 0 Å². The first kappa shape index (κ1) is 13.3. The smallest absolute Gasteiger partial charge is 0.0278 e. The summed E-state index contributed by atoms with van der Waals surface area (Å²) in [6, 6.07) is 0. The van der Waals surface area contributed by atoms with Gasteiger partial charge < -0.3 is 5.32 Å². The summed E-state index contributed by atoms with van der Waals surface area (Å²) >= 11 is 2.04. The van der Waals surface area contributed by atoms with E-state index >= 15 is 0 Å². The van der Waals surface area contributed by atoms with E-state index in [0.29, 0.717) is 5.54 Å². The zero-order chi connectivity index (χ0) is 11.5. The molecule has 1 aliphatic heterocycles. The Labute approximate surface area is 99.2 Å². The van der Waals surface area contributed by atoms with Crippen molar-refractivity contribution in [3.05, 3.63) is 0 Å². The van der Waals surface area contributed by atoms with E-state index < -0.39 is 0 Å². The van der Waals surface area contributed by atoms with Crippen molar-refractivity contribution in [2.75, 3.05) is 31.1 Å². The van der Waals surface area contributed by atoms with Crippen molar-refractivity contribution in [2.24, 2.45) is 0 Å². The van der Waals surface area contributed by atoms with E-state index in [1.54, 1.807) is 0 Å². The van der Waals surface area contributed by atoms with Crippen LogP contribution in [0.15, 0.2) is 0 Å². The van der Waals surface area contributed by atoms with Crippen LogP contribution in [-0.4, -0.2) is 47.1 Å². The SMILES string of the molecule is CCSCCN1CC(C)(C)NCC1(C)C. The van der Waals surface area contributed by atoms with Crippen LogP contribution in [0.1, 0.15) is 34.6 Å². The van der Waals surface area contributed by atoms with Gasteiger partial charge in [-0.15, -0.1) is 0 Å². The molecule has 90 valence electrons. The lowest BCUT2D eigenvalue weighted by atomic mass is 9.92. The number of nitrogens with one attached hydrogen (secondary N) is 1. The van der Waals surface area contributed by atoms with Gasteiger partial charge in [-0.1, -0.05) is 6.92 Å². The molecule has 0 radical (unpaired) electrons. The number of hydrogen-bond acceptors (Lipinski definition) is 3. The first-order valence-corrected chi connectivity index (χ1v) is 7.11. The molecule has 0 saturated carbocycles. The van der Waals surface area contributed by atoms with Gasteiger partial charge in [-0.05, 0) is 33.4 Å². The van der Waals surface area contributed by atoms with Gasteiger partial charge in [0.25, 0.3) is 0 Å². The molecule has 0 unspecified atom stereocenters. The average molecular weight is 230 g/mol. The Kier molecular flexibility index (Phi) is 4.50. The summed E-state index contributed by atoms with van der Waals surface area (Å²) in [6.45, 7) is 15.0. The molecule has 2 nitrogen and oxygen atoms in total. The maximum Gasteiger partial charge on any atom is 0.0278 e. The summed E-state index contributed by atoms with van der Waals surface area (Å²) < 4.78 is 0. The van der Waals surface area contributed by atoms with Gasteiger partial charge in [-0.25, -0.2) is 0 Å². The lowest BCUT2D eigenvalue weighted by Crippen LogP contribution is -2.66. The number of hydrogen-bond donors (Lipinski definition) is 1. The molecule has 1 heterocycles. The van der Waals surface area contributed by atoms with Crippen LogP contribution in [0.2, 0.25) is 0 Å². The summed E-state index contributed by atoms with van der Waals surface area (Å²) in [5.41, 5.74) is 0.580. The van der Waals surface area contributed by atoms with Gasteiger partial charge in [0, 0.05) is 36.5 Å². The van der Waals surface area contributed by atoms with Crippen LogP contribution in [0.3, 0.4) is 0 Å².